The van der Waals surface area contributed by atoms with Crippen molar-refractivity contribution in [1.29, 1.82) is 0 Å². The molecular formula is C9H16IN. The molecule has 1 heterocycles. The van der Waals surface area contributed by atoms with E-state index in [9.17, 15) is 0 Å². The van der Waals surface area contributed by atoms with Gasteiger partial charge < -0.3 is 4.90 Å². The Morgan fingerprint density at radius 3 is 2.09 bits per heavy atom. The lowest BCUT2D eigenvalue weighted by atomic mass is 9.90. The fraction of sp³-hybridized carbons (Fsp3) is 1.00. The number of halogens is 1. The maximum Gasteiger partial charge on any atom is 0.0134 e. The summed E-state index contributed by atoms with van der Waals surface area (Å²) in [6.45, 7) is 2.75. The Labute approximate surface area is 82.7 Å². The average Bonchev–Trinajstić information content (AvgIpc) is 1.90. The molecular weight excluding hydrogens is 249 g/mol. The van der Waals surface area contributed by atoms with E-state index in [1.54, 1.807) is 0 Å². The van der Waals surface area contributed by atoms with Gasteiger partial charge in [0.05, 0.1) is 0 Å². The summed E-state index contributed by atoms with van der Waals surface area (Å²) < 4.78 is 0.962. The summed E-state index contributed by atoms with van der Waals surface area (Å²) in [5.41, 5.74) is 0. The van der Waals surface area contributed by atoms with Gasteiger partial charge >= 0.3 is 0 Å². The van der Waals surface area contributed by atoms with Gasteiger partial charge in [-0.25, -0.2) is 0 Å². The van der Waals surface area contributed by atoms with Gasteiger partial charge in [-0.05, 0) is 38.8 Å². The highest BCUT2D eigenvalue weighted by Crippen LogP contribution is 2.28. The van der Waals surface area contributed by atoms with Crippen LogP contribution in [0.4, 0.5) is 0 Å². The molecule has 0 aromatic heterocycles. The number of hydrogen-bond donors (Lipinski definition) is 0. The predicted octanol–water partition coefficient (Wildman–Crippen LogP) is 2.44. The maximum absolute atomic E-state index is 2.71. The summed E-state index contributed by atoms with van der Waals surface area (Å²) in [5.74, 6) is 0. The quantitative estimate of drug-likeness (QED) is 0.520. The molecule has 0 atom stereocenters. The minimum absolute atomic E-state index is 0.962. The average molecular weight is 265 g/mol. The summed E-state index contributed by atoms with van der Waals surface area (Å²) in [4.78, 5) is 2.71. The largest absolute Gasteiger partial charge is 0.300 e. The lowest BCUT2D eigenvalue weighted by molar-refractivity contribution is 0.108. The second kappa shape index (κ2) is 3.60. The van der Waals surface area contributed by atoms with E-state index < -0.39 is 0 Å². The molecule has 1 aliphatic heterocycles. The first-order valence-electron chi connectivity index (χ1n) is 4.74. The molecule has 2 heteroatoms. The zero-order valence-electron chi connectivity index (χ0n) is 6.93. The van der Waals surface area contributed by atoms with Gasteiger partial charge in [-0.15, -0.1) is 0 Å². The minimum atomic E-state index is 0.962. The van der Waals surface area contributed by atoms with Gasteiger partial charge in [0.2, 0.25) is 0 Å². The fourth-order valence-electron chi connectivity index (χ4n) is 1.98. The second-order valence-corrected chi connectivity index (χ2v) is 5.56. The van der Waals surface area contributed by atoms with E-state index in [2.05, 4.69) is 27.5 Å². The second-order valence-electron chi connectivity index (χ2n) is 3.80. The highest BCUT2D eigenvalue weighted by molar-refractivity contribution is 14.1. The lowest BCUT2D eigenvalue weighted by Gasteiger charge is -2.40. The molecule has 0 aromatic rings. The summed E-state index contributed by atoms with van der Waals surface area (Å²) in [6, 6.07) is 0.985. The molecule has 1 aliphatic carbocycles. The van der Waals surface area contributed by atoms with E-state index in [-0.39, 0.29) is 0 Å². The molecule has 64 valence electrons. The van der Waals surface area contributed by atoms with Crippen molar-refractivity contribution in [3.8, 4) is 0 Å². The van der Waals surface area contributed by atoms with E-state index in [1.807, 2.05) is 0 Å². The molecule has 1 saturated heterocycles. The number of rotatable bonds is 1. The first-order chi connectivity index (χ1) is 5.36. The summed E-state index contributed by atoms with van der Waals surface area (Å²) in [5, 5.41) is 0. The van der Waals surface area contributed by atoms with Crippen LogP contribution in [-0.4, -0.2) is 28.0 Å². The third-order valence-corrected chi connectivity index (χ3v) is 4.30. The van der Waals surface area contributed by atoms with Crippen LogP contribution in [0.1, 0.15) is 32.1 Å². The van der Waals surface area contributed by atoms with Crippen molar-refractivity contribution in [2.24, 2.45) is 0 Å². The number of piperidine rings is 1. The van der Waals surface area contributed by atoms with Gasteiger partial charge in [0, 0.05) is 9.97 Å². The smallest absolute Gasteiger partial charge is 0.0134 e. The van der Waals surface area contributed by atoms with Crippen LogP contribution in [0.5, 0.6) is 0 Å². The molecule has 1 nitrogen and oxygen atoms in total. The SMILES string of the molecule is IC1CCN(C2CCC2)CC1. The summed E-state index contributed by atoms with van der Waals surface area (Å²) in [6.07, 6.45) is 7.29. The normalized spacial score (nSPS) is 30.3. The molecule has 0 aromatic carbocycles. The lowest BCUT2D eigenvalue weighted by Crippen LogP contribution is -2.44. The predicted molar refractivity (Wildman–Crippen MR) is 56.3 cm³/mol. The highest BCUT2D eigenvalue weighted by atomic mass is 127. The fourth-order valence-corrected chi connectivity index (χ4v) is 2.54. The Morgan fingerprint density at radius 2 is 1.64 bits per heavy atom. The van der Waals surface area contributed by atoms with E-state index in [4.69, 9.17) is 0 Å². The topological polar surface area (TPSA) is 3.24 Å². The number of hydrogen-bond acceptors (Lipinski definition) is 1. The van der Waals surface area contributed by atoms with Crippen molar-refractivity contribution in [3.05, 3.63) is 0 Å². The third-order valence-electron chi connectivity index (χ3n) is 3.05. The van der Waals surface area contributed by atoms with Crippen LogP contribution >= 0.6 is 22.6 Å². The van der Waals surface area contributed by atoms with Gasteiger partial charge in [-0.1, -0.05) is 29.0 Å². The van der Waals surface area contributed by atoms with Crippen molar-refractivity contribution < 1.29 is 0 Å². The Hall–Kier alpha value is 0.690. The van der Waals surface area contributed by atoms with Crippen molar-refractivity contribution in [2.75, 3.05) is 13.1 Å². The Morgan fingerprint density at radius 1 is 1.00 bits per heavy atom. The molecule has 0 unspecified atom stereocenters. The van der Waals surface area contributed by atoms with E-state index in [0.29, 0.717) is 0 Å². The maximum atomic E-state index is 2.71. The molecule has 2 rings (SSSR count). The van der Waals surface area contributed by atoms with Gasteiger partial charge in [0.25, 0.3) is 0 Å². The van der Waals surface area contributed by atoms with Crippen LogP contribution in [0, 0.1) is 0 Å². The molecule has 1 saturated carbocycles. The van der Waals surface area contributed by atoms with Gasteiger partial charge in [0.15, 0.2) is 0 Å². The number of alkyl halides is 1. The van der Waals surface area contributed by atoms with Crippen LogP contribution < -0.4 is 0 Å². The Balaban J connectivity index is 1.77. The Bertz CT molecular complexity index is 126. The van der Waals surface area contributed by atoms with E-state index >= 15 is 0 Å². The number of likely N-dealkylation sites (tertiary alicyclic amines) is 1. The van der Waals surface area contributed by atoms with Crippen LogP contribution in [0.25, 0.3) is 0 Å². The zero-order chi connectivity index (χ0) is 7.68. The summed E-state index contributed by atoms with van der Waals surface area (Å²) in [7, 11) is 0. The molecule has 0 amide bonds. The van der Waals surface area contributed by atoms with Crippen molar-refractivity contribution in [3.63, 3.8) is 0 Å². The molecule has 2 aliphatic rings. The molecule has 0 spiro atoms. The molecule has 0 bridgehead atoms. The standard InChI is InChI=1S/C9H16IN/c10-8-4-6-11(7-5-8)9-2-1-3-9/h8-9H,1-7H2. The first-order valence-corrected chi connectivity index (χ1v) is 5.99. The molecule has 2 fully saturated rings. The third kappa shape index (κ3) is 1.89. The first kappa shape index (κ1) is 8.30. The minimum Gasteiger partial charge on any atom is -0.300 e. The van der Waals surface area contributed by atoms with Gasteiger partial charge in [-0.3, -0.25) is 0 Å². The van der Waals surface area contributed by atoms with Crippen LogP contribution in [0.3, 0.4) is 0 Å². The monoisotopic (exact) mass is 265 g/mol. The van der Waals surface area contributed by atoms with Crippen molar-refractivity contribution in [2.45, 2.75) is 42.1 Å². The molecule has 0 N–H and O–H groups in total. The van der Waals surface area contributed by atoms with Crippen LogP contribution in [0.2, 0.25) is 0 Å². The van der Waals surface area contributed by atoms with E-state index in [0.717, 1.165) is 9.97 Å². The number of nitrogens with zero attached hydrogens (tertiary/aromatic N) is 1. The Kier molecular flexibility index (Phi) is 2.72. The van der Waals surface area contributed by atoms with Gasteiger partial charge in [0.1, 0.15) is 0 Å². The van der Waals surface area contributed by atoms with Crippen LogP contribution in [0.15, 0.2) is 0 Å². The highest BCUT2D eigenvalue weighted by Gasteiger charge is 2.27. The zero-order valence-corrected chi connectivity index (χ0v) is 9.09. The van der Waals surface area contributed by atoms with Crippen LogP contribution in [-0.2, 0) is 0 Å². The van der Waals surface area contributed by atoms with E-state index in [1.165, 1.54) is 45.2 Å². The molecule has 11 heavy (non-hydrogen) atoms. The van der Waals surface area contributed by atoms with Gasteiger partial charge in [-0.2, -0.15) is 0 Å². The summed E-state index contributed by atoms with van der Waals surface area (Å²) >= 11 is 2.59. The molecule has 0 radical (unpaired) electrons. The van der Waals surface area contributed by atoms with Crippen molar-refractivity contribution >= 4 is 22.6 Å². The van der Waals surface area contributed by atoms with Crippen molar-refractivity contribution in [1.82, 2.24) is 4.90 Å².